The van der Waals surface area contributed by atoms with Crippen LogP contribution in [0.3, 0.4) is 0 Å². The smallest absolute Gasteiger partial charge is 0.187 e. The summed E-state index contributed by atoms with van der Waals surface area (Å²) in [4.78, 5) is 17.3. The fourth-order valence-corrected chi connectivity index (χ4v) is 2.05. The van der Waals surface area contributed by atoms with Crippen LogP contribution in [0.1, 0.15) is 17.1 Å². The van der Waals surface area contributed by atoms with E-state index in [1.165, 1.54) is 11.8 Å². The largest absolute Gasteiger partial charge is 0.373 e. The topological polar surface area (TPSA) is 63.6 Å². The minimum Gasteiger partial charge on any atom is -0.373 e. The van der Waals surface area contributed by atoms with Crippen LogP contribution in [0.25, 0.3) is 0 Å². The molecule has 0 bridgehead atoms. The zero-order chi connectivity index (χ0) is 13.0. The lowest BCUT2D eigenvalue weighted by molar-refractivity contribution is 0.940. The first-order valence-electron chi connectivity index (χ1n) is 5.61. The highest BCUT2D eigenvalue weighted by molar-refractivity contribution is 7.98. The second-order valence-corrected chi connectivity index (χ2v) is 4.83. The first-order valence-corrected chi connectivity index (χ1v) is 6.59. The molecule has 2 rings (SSSR count). The van der Waals surface area contributed by atoms with Crippen LogP contribution >= 0.6 is 11.8 Å². The van der Waals surface area contributed by atoms with Crippen molar-refractivity contribution in [1.82, 2.24) is 19.9 Å². The van der Waals surface area contributed by atoms with Gasteiger partial charge in [0.2, 0.25) is 0 Å². The highest BCUT2D eigenvalue weighted by Crippen LogP contribution is 2.17. The van der Waals surface area contributed by atoms with Crippen molar-refractivity contribution < 1.29 is 0 Å². The van der Waals surface area contributed by atoms with Crippen LogP contribution in [0.15, 0.2) is 23.6 Å². The Morgan fingerprint density at radius 3 is 2.56 bits per heavy atom. The zero-order valence-corrected chi connectivity index (χ0v) is 11.5. The van der Waals surface area contributed by atoms with Crippen LogP contribution in [0.5, 0.6) is 0 Å². The van der Waals surface area contributed by atoms with Crippen LogP contribution in [-0.4, -0.2) is 27.0 Å². The summed E-state index contributed by atoms with van der Waals surface area (Å²) in [5, 5.41) is 3.77. The van der Waals surface area contributed by atoms with E-state index in [2.05, 4.69) is 25.3 Å². The number of rotatable bonds is 4. The summed E-state index contributed by atoms with van der Waals surface area (Å²) in [6.07, 6.45) is 3.62. The second-order valence-electron chi connectivity index (χ2n) is 3.89. The van der Waals surface area contributed by atoms with Gasteiger partial charge in [-0.25, -0.2) is 19.9 Å². The van der Waals surface area contributed by atoms with E-state index in [0.717, 1.165) is 28.1 Å². The number of aryl methyl sites for hydroxylation is 2. The van der Waals surface area contributed by atoms with Gasteiger partial charge in [-0.1, -0.05) is 11.8 Å². The molecule has 6 heteroatoms. The quantitative estimate of drug-likeness (QED) is 0.672. The van der Waals surface area contributed by atoms with Gasteiger partial charge in [0.05, 0.1) is 5.75 Å². The number of hydrogen-bond acceptors (Lipinski definition) is 6. The number of anilines is 1. The van der Waals surface area contributed by atoms with Crippen LogP contribution in [0, 0.1) is 13.8 Å². The van der Waals surface area contributed by atoms with Gasteiger partial charge in [-0.05, 0) is 19.4 Å². The molecule has 2 heterocycles. The maximum absolute atomic E-state index is 4.39. The summed E-state index contributed by atoms with van der Waals surface area (Å²) in [5.41, 5.74) is 2.01. The molecule has 0 fully saturated rings. The molecule has 2 aromatic heterocycles. The van der Waals surface area contributed by atoms with Crippen LogP contribution in [0.4, 0.5) is 5.82 Å². The van der Waals surface area contributed by atoms with Crippen LogP contribution in [0.2, 0.25) is 0 Å². The Morgan fingerprint density at radius 2 is 1.89 bits per heavy atom. The molecule has 0 radical (unpaired) electrons. The van der Waals surface area contributed by atoms with E-state index in [1.54, 1.807) is 0 Å². The van der Waals surface area contributed by atoms with Crippen LogP contribution in [-0.2, 0) is 5.75 Å². The Kier molecular flexibility index (Phi) is 4.09. The molecule has 0 saturated carbocycles. The normalized spacial score (nSPS) is 10.4. The summed E-state index contributed by atoms with van der Waals surface area (Å²) in [5.74, 6) is 2.29. The molecule has 18 heavy (non-hydrogen) atoms. The molecular formula is C12H15N5S. The van der Waals surface area contributed by atoms with Crippen molar-refractivity contribution >= 4 is 17.6 Å². The van der Waals surface area contributed by atoms with Crippen molar-refractivity contribution in [1.29, 1.82) is 0 Å². The molecule has 0 aromatic carbocycles. The highest BCUT2D eigenvalue weighted by Gasteiger charge is 2.04. The van der Waals surface area contributed by atoms with Crippen molar-refractivity contribution in [2.45, 2.75) is 24.8 Å². The van der Waals surface area contributed by atoms with Gasteiger partial charge in [0.15, 0.2) is 5.16 Å². The maximum atomic E-state index is 4.39. The molecule has 1 N–H and O–H groups in total. The number of nitrogens with one attached hydrogen (secondary N) is 1. The lowest BCUT2D eigenvalue weighted by atomic mass is 10.4. The fraction of sp³-hybridized carbons (Fsp3) is 0.333. The van der Waals surface area contributed by atoms with Gasteiger partial charge in [0.1, 0.15) is 11.6 Å². The zero-order valence-electron chi connectivity index (χ0n) is 10.6. The number of aromatic nitrogens is 4. The van der Waals surface area contributed by atoms with E-state index in [9.17, 15) is 0 Å². The van der Waals surface area contributed by atoms with E-state index in [-0.39, 0.29) is 0 Å². The van der Waals surface area contributed by atoms with Gasteiger partial charge < -0.3 is 5.32 Å². The molecule has 2 aromatic rings. The van der Waals surface area contributed by atoms with Gasteiger partial charge >= 0.3 is 0 Å². The fourth-order valence-electron chi connectivity index (χ4n) is 1.41. The van der Waals surface area contributed by atoms with E-state index in [0.29, 0.717) is 5.75 Å². The Balaban J connectivity index is 2.05. The average Bonchev–Trinajstić information content (AvgIpc) is 2.37. The van der Waals surface area contributed by atoms with Gasteiger partial charge in [0.25, 0.3) is 0 Å². The molecule has 0 atom stereocenters. The predicted octanol–water partition coefficient (Wildman–Crippen LogP) is 2.22. The van der Waals surface area contributed by atoms with Crippen molar-refractivity contribution in [3.8, 4) is 0 Å². The molecule has 0 aliphatic rings. The number of nitrogens with zero attached hydrogens (tertiary/aromatic N) is 4. The lowest BCUT2D eigenvalue weighted by Crippen LogP contribution is -2.01. The van der Waals surface area contributed by atoms with E-state index in [4.69, 9.17) is 0 Å². The van der Waals surface area contributed by atoms with Crippen molar-refractivity contribution in [2.24, 2.45) is 0 Å². The minimum atomic E-state index is 0.666. The Bertz CT molecular complexity index is 526. The molecule has 0 unspecified atom stereocenters. The van der Waals surface area contributed by atoms with Crippen LogP contribution < -0.4 is 5.32 Å². The van der Waals surface area contributed by atoms with Crippen molar-refractivity contribution in [3.05, 3.63) is 35.5 Å². The van der Waals surface area contributed by atoms with Gasteiger partial charge in [-0.15, -0.1) is 0 Å². The SMILES string of the molecule is CNc1cc(C)nc(CSc2ncc(C)cn2)n1. The molecule has 0 aliphatic heterocycles. The third-order valence-corrected chi connectivity index (χ3v) is 3.12. The monoisotopic (exact) mass is 261 g/mol. The average molecular weight is 261 g/mol. The summed E-state index contributed by atoms with van der Waals surface area (Å²) in [6.45, 7) is 3.93. The minimum absolute atomic E-state index is 0.666. The lowest BCUT2D eigenvalue weighted by Gasteiger charge is -2.04. The van der Waals surface area contributed by atoms with Gasteiger partial charge in [-0.3, -0.25) is 0 Å². The summed E-state index contributed by atoms with van der Waals surface area (Å²) in [6, 6.07) is 1.91. The molecule has 5 nitrogen and oxygen atoms in total. The highest BCUT2D eigenvalue weighted by atomic mass is 32.2. The van der Waals surface area contributed by atoms with E-state index >= 15 is 0 Å². The molecule has 94 valence electrons. The Morgan fingerprint density at radius 1 is 1.17 bits per heavy atom. The molecule has 0 saturated heterocycles. The van der Waals surface area contributed by atoms with E-state index in [1.807, 2.05) is 39.4 Å². The standard InChI is InChI=1S/C12H15N5S/c1-8-5-14-12(15-6-8)18-7-11-16-9(2)4-10(13-3)17-11/h4-6H,7H2,1-3H3,(H,13,16,17). The Labute approximate surface area is 110 Å². The Hall–Kier alpha value is -1.69. The van der Waals surface area contributed by atoms with E-state index < -0.39 is 0 Å². The maximum Gasteiger partial charge on any atom is 0.187 e. The summed E-state index contributed by atoms with van der Waals surface area (Å²) in [7, 11) is 1.85. The van der Waals surface area contributed by atoms with Gasteiger partial charge in [-0.2, -0.15) is 0 Å². The second kappa shape index (κ2) is 5.77. The molecule has 0 amide bonds. The predicted molar refractivity (Wildman–Crippen MR) is 72.6 cm³/mol. The van der Waals surface area contributed by atoms with Gasteiger partial charge in [0, 0.05) is 31.2 Å². The third-order valence-electron chi connectivity index (χ3n) is 2.24. The molecule has 0 aliphatic carbocycles. The summed E-state index contributed by atoms with van der Waals surface area (Å²) >= 11 is 1.54. The summed E-state index contributed by atoms with van der Waals surface area (Å²) < 4.78 is 0. The molecular weight excluding hydrogens is 246 g/mol. The molecule has 0 spiro atoms. The van der Waals surface area contributed by atoms with Crippen molar-refractivity contribution in [2.75, 3.05) is 12.4 Å². The number of thioether (sulfide) groups is 1. The first kappa shape index (κ1) is 12.8. The third kappa shape index (κ3) is 3.40. The van der Waals surface area contributed by atoms with Crippen molar-refractivity contribution in [3.63, 3.8) is 0 Å². The first-order chi connectivity index (χ1) is 8.67. The number of hydrogen-bond donors (Lipinski definition) is 1.